The van der Waals surface area contributed by atoms with E-state index in [4.69, 9.17) is 4.98 Å². The zero-order chi connectivity index (χ0) is 16.1. The maximum absolute atomic E-state index is 13.4. The van der Waals surface area contributed by atoms with Crippen molar-refractivity contribution in [1.29, 1.82) is 0 Å². The van der Waals surface area contributed by atoms with Crippen LogP contribution in [0.4, 0.5) is 4.39 Å². The first kappa shape index (κ1) is 14.3. The van der Waals surface area contributed by atoms with E-state index >= 15 is 0 Å². The Hall–Kier alpha value is -2.27. The van der Waals surface area contributed by atoms with Crippen molar-refractivity contribution in [2.24, 2.45) is 0 Å². The Balaban J connectivity index is 1.92. The zero-order valence-electron chi connectivity index (χ0n) is 12.9. The van der Waals surface area contributed by atoms with E-state index < -0.39 is 0 Å². The molecular weight excluding hydrogens is 311 g/mol. The third-order valence-electron chi connectivity index (χ3n) is 4.37. The standard InChI is InChI=1S/C18H15FN2OS/c1-10-11(2)23-17-15(10)18(22)21-7-6-13(16(21)20-17)8-12-4-3-5-14(19)9-12/h3-5,8-9H,6-7H2,1-2H3/b13-8+. The quantitative estimate of drug-likeness (QED) is 0.673. The van der Waals surface area contributed by atoms with Gasteiger partial charge in [0.15, 0.2) is 0 Å². The molecule has 23 heavy (non-hydrogen) atoms. The molecule has 3 nitrogen and oxygen atoms in total. The van der Waals surface area contributed by atoms with Crippen molar-refractivity contribution in [1.82, 2.24) is 9.55 Å². The number of allylic oxidation sites excluding steroid dienone is 1. The van der Waals surface area contributed by atoms with E-state index in [2.05, 4.69) is 0 Å². The summed E-state index contributed by atoms with van der Waals surface area (Å²) in [4.78, 5) is 19.4. The van der Waals surface area contributed by atoms with Gasteiger partial charge in [-0.05, 0) is 55.2 Å². The summed E-state index contributed by atoms with van der Waals surface area (Å²) in [7, 11) is 0. The molecule has 4 rings (SSSR count). The molecule has 3 aromatic rings. The Labute approximate surface area is 136 Å². The second-order valence-corrected chi connectivity index (χ2v) is 7.03. The Kier molecular flexibility index (Phi) is 3.20. The van der Waals surface area contributed by atoms with Gasteiger partial charge in [0.25, 0.3) is 5.56 Å². The highest BCUT2D eigenvalue weighted by Gasteiger charge is 2.23. The number of aryl methyl sites for hydroxylation is 2. The van der Waals surface area contributed by atoms with Crippen LogP contribution in [0.3, 0.4) is 0 Å². The van der Waals surface area contributed by atoms with Gasteiger partial charge in [0.1, 0.15) is 16.5 Å². The van der Waals surface area contributed by atoms with Gasteiger partial charge in [0.05, 0.1) is 5.39 Å². The molecule has 0 saturated heterocycles. The lowest BCUT2D eigenvalue weighted by Gasteiger charge is -2.03. The van der Waals surface area contributed by atoms with Crippen molar-refractivity contribution in [3.05, 3.63) is 62.3 Å². The predicted octanol–water partition coefficient (Wildman–Crippen LogP) is 4.16. The number of nitrogens with zero attached hydrogens (tertiary/aromatic N) is 2. The largest absolute Gasteiger partial charge is 0.292 e. The number of hydrogen-bond acceptors (Lipinski definition) is 3. The van der Waals surface area contributed by atoms with Crippen LogP contribution in [0.5, 0.6) is 0 Å². The molecule has 0 atom stereocenters. The Morgan fingerprint density at radius 1 is 1.35 bits per heavy atom. The molecular formula is C18H15FN2OS. The van der Waals surface area contributed by atoms with E-state index in [1.54, 1.807) is 22.0 Å². The lowest BCUT2D eigenvalue weighted by atomic mass is 10.1. The topological polar surface area (TPSA) is 34.9 Å². The highest BCUT2D eigenvalue weighted by molar-refractivity contribution is 7.18. The van der Waals surface area contributed by atoms with Crippen molar-refractivity contribution < 1.29 is 4.39 Å². The van der Waals surface area contributed by atoms with Gasteiger partial charge in [0.2, 0.25) is 0 Å². The van der Waals surface area contributed by atoms with Gasteiger partial charge in [-0.2, -0.15) is 0 Å². The second-order valence-electron chi connectivity index (χ2n) is 5.83. The lowest BCUT2D eigenvalue weighted by Crippen LogP contribution is -2.20. The molecule has 1 aromatic carbocycles. The second kappa shape index (κ2) is 5.13. The van der Waals surface area contributed by atoms with Gasteiger partial charge < -0.3 is 0 Å². The van der Waals surface area contributed by atoms with Crippen LogP contribution in [-0.2, 0) is 6.54 Å². The molecule has 116 valence electrons. The van der Waals surface area contributed by atoms with Crippen molar-refractivity contribution >= 4 is 33.2 Å². The van der Waals surface area contributed by atoms with Crippen LogP contribution in [0.15, 0.2) is 29.1 Å². The molecule has 5 heteroatoms. The number of fused-ring (bicyclic) bond motifs is 2. The van der Waals surface area contributed by atoms with Gasteiger partial charge in [-0.3, -0.25) is 9.36 Å². The van der Waals surface area contributed by atoms with E-state index in [1.165, 1.54) is 12.1 Å². The van der Waals surface area contributed by atoms with Gasteiger partial charge in [0, 0.05) is 11.4 Å². The van der Waals surface area contributed by atoms with E-state index in [9.17, 15) is 9.18 Å². The lowest BCUT2D eigenvalue weighted by molar-refractivity contribution is 0.627. The van der Waals surface area contributed by atoms with Crippen LogP contribution in [0.25, 0.3) is 21.9 Å². The normalized spacial score (nSPS) is 15.5. The van der Waals surface area contributed by atoms with Gasteiger partial charge >= 0.3 is 0 Å². The fourth-order valence-corrected chi connectivity index (χ4v) is 4.08. The van der Waals surface area contributed by atoms with Crippen molar-refractivity contribution in [3.8, 4) is 0 Å². The molecule has 0 radical (unpaired) electrons. The van der Waals surface area contributed by atoms with Crippen molar-refractivity contribution in [2.45, 2.75) is 26.8 Å². The first-order chi connectivity index (χ1) is 11.0. The fraction of sp³-hybridized carbons (Fsp3) is 0.222. The molecule has 0 fully saturated rings. The molecule has 0 saturated carbocycles. The van der Waals surface area contributed by atoms with Crippen LogP contribution >= 0.6 is 11.3 Å². The average molecular weight is 326 g/mol. The Morgan fingerprint density at radius 2 is 2.17 bits per heavy atom. The summed E-state index contributed by atoms with van der Waals surface area (Å²) in [6.45, 7) is 4.62. The van der Waals surface area contributed by atoms with Crippen LogP contribution in [0.1, 0.15) is 28.2 Å². The minimum Gasteiger partial charge on any atom is -0.292 e. The molecule has 3 heterocycles. The fourth-order valence-electron chi connectivity index (χ4n) is 3.06. The first-order valence-corrected chi connectivity index (χ1v) is 8.33. The predicted molar refractivity (Wildman–Crippen MR) is 92.2 cm³/mol. The molecule has 0 amide bonds. The molecule has 0 unspecified atom stereocenters. The van der Waals surface area contributed by atoms with E-state index in [1.807, 2.05) is 26.0 Å². The van der Waals surface area contributed by atoms with Crippen LogP contribution in [0.2, 0.25) is 0 Å². The van der Waals surface area contributed by atoms with Gasteiger partial charge in [-0.25, -0.2) is 9.37 Å². The summed E-state index contributed by atoms with van der Waals surface area (Å²) in [6, 6.07) is 6.46. The molecule has 2 aromatic heterocycles. The molecule has 0 bridgehead atoms. The highest BCUT2D eigenvalue weighted by Crippen LogP contribution is 2.31. The number of halogens is 1. The van der Waals surface area contributed by atoms with E-state index in [0.29, 0.717) is 12.4 Å². The summed E-state index contributed by atoms with van der Waals surface area (Å²) in [5.41, 5.74) is 2.84. The monoisotopic (exact) mass is 326 g/mol. The summed E-state index contributed by atoms with van der Waals surface area (Å²) in [5.74, 6) is 0.454. The van der Waals surface area contributed by atoms with Crippen LogP contribution in [0, 0.1) is 19.7 Å². The summed E-state index contributed by atoms with van der Waals surface area (Å²) in [5, 5.41) is 0.739. The average Bonchev–Trinajstić information content (AvgIpc) is 3.02. The Morgan fingerprint density at radius 3 is 2.96 bits per heavy atom. The van der Waals surface area contributed by atoms with Crippen molar-refractivity contribution in [3.63, 3.8) is 0 Å². The van der Waals surface area contributed by atoms with Gasteiger partial charge in [-0.15, -0.1) is 11.3 Å². The number of hydrogen-bond donors (Lipinski definition) is 0. The summed E-state index contributed by atoms with van der Waals surface area (Å²) < 4.78 is 15.1. The third kappa shape index (κ3) is 2.23. The summed E-state index contributed by atoms with van der Waals surface area (Å²) in [6.07, 6.45) is 2.67. The van der Waals surface area contributed by atoms with E-state index in [-0.39, 0.29) is 11.4 Å². The number of aromatic nitrogens is 2. The van der Waals surface area contributed by atoms with Crippen LogP contribution in [-0.4, -0.2) is 9.55 Å². The van der Waals surface area contributed by atoms with Crippen molar-refractivity contribution in [2.75, 3.05) is 0 Å². The first-order valence-electron chi connectivity index (χ1n) is 7.51. The molecule has 0 N–H and O–H groups in total. The summed E-state index contributed by atoms with van der Waals surface area (Å²) >= 11 is 1.56. The smallest absolute Gasteiger partial charge is 0.262 e. The minimum atomic E-state index is -0.261. The molecule has 0 aliphatic carbocycles. The maximum atomic E-state index is 13.4. The zero-order valence-corrected chi connectivity index (χ0v) is 13.7. The number of benzene rings is 1. The molecule has 1 aliphatic rings. The highest BCUT2D eigenvalue weighted by atomic mass is 32.1. The van der Waals surface area contributed by atoms with Crippen LogP contribution < -0.4 is 5.56 Å². The SMILES string of the molecule is Cc1sc2nc3n(c(=O)c2c1C)CC/C3=C\c1cccc(F)c1. The Bertz CT molecular complexity index is 1030. The van der Waals surface area contributed by atoms with Gasteiger partial charge in [-0.1, -0.05) is 12.1 Å². The number of thiophene rings is 1. The third-order valence-corrected chi connectivity index (χ3v) is 5.47. The maximum Gasteiger partial charge on any atom is 0.262 e. The minimum absolute atomic E-state index is 0.0366. The van der Waals surface area contributed by atoms with E-state index in [0.717, 1.165) is 38.2 Å². The number of rotatable bonds is 1. The molecule has 1 aliphatic heterocycles. The molecule has 0 spiro atoms.